The second kappa shape index (κ2) is 5.28. The number of benzene rings is 1. The molecule has 1 aliphatic rings. The van der Waals surface area contributed by atoms with Gasteiger partial charge < -0.3 is 4.90 Å². The van der Waals surface area contributed by atoms with E-state index in [0.29, 0.717) is 18.7 Å². The molecule has 1 aromatic carbocycles. The van der Waals surface area contributed by atoms with Crippen molar-refractivity contribution < 1.29 is 14.0 Å². The van der Waals surface area contributed by atoms with Gasteiger partial charge in [0.1, 0.15) is 5.82 Å². The number of hydrogen-bond acceptors (Lipinski definition) is 3. The lowest BCUT2D eigenvalue weighted by Crippen LogP contribution is -2.25. The summed E-state index contributed by atoms with van der Waals surface area (Å²) in [6.45, 7) is 1.90. The molecule has 1 aromatic rings. The fourth-order valence-electron chi connectivity index (χ4n) is 1.92. The highest BCUT2D eigenvalue weighted by Crippen LogP contribution is 2.33. The largest absolute Gasteiger partial charge is 0.310 e. The first kappa shape index (κ1) is 13.4. The maximum absolute atomic E-state index is 12.9. The molecule has 0 N–H and O–H groups in total. The molecule has 1 heterocycles. The van der Waals surface area contributed by atoms with Crippen LogP contribution in [0, 0.1) is 5.82 Å². The van der Waals surface area contributed by atoms with Crippen molar-refractivity contribution in [2.24, 2.45) is 0 Å². The van der Waals surface area contributed by atoms with Gasteiger partial charge in [-0.1, -0.05) is 23.4 Å². The molecule has 96 valence electrons. The molecule has 3 nitrogen and oxygen atoms in total. The van der Waals surface area contributed by atoms with Gasteiger partial charge >= 0.3 is 0 Å². The molecule has 0 saturated carbocycles. The van der Waals surface area contributed by atoms with E-state index in [2.05, 4.69) is 0 Å². The Balaban J connectivity index is 2.19. The van der Waals surface area contributed by atoms with Crippen molar-refractivity contribution in [3.63, 3.8) is 0 Å². The smallest absolute Gasteiger partial charge is 0.228 e. The van der Waals surface area contributed by atoms with E-state index in [9.17, 15) is 14.0 Å². The van der Waals surface area contributed by atoms with Crippen molar-refractivity contribution in [3.05, 3.63) is 29.0 Å². The average molecular weight is 288 g/mol. The van der Waals surface area contributed by atoms with E-state index in [4.69, 9.17) is 11.6 Å². The first-order chi connectivity index (χ1) is 8.47. The van der Waals surface area contributed by atoms with Crippen LogP contribution in [-0.4, -0.2) is 22.8 Å². The molecule has 1 aliphatic heterocycles. The third kappa shape index (κ3) is 2.84. The van der Waals surface area contributed by atoms with Crippen molar-refractivity contribution in [2.75, 3.05) is 11.4 Å². The number of rotatable bonds is 2. The fourth-order valence-corrected chi connectivity index (χ4v) is 3.11. The zero-order valence-corrected chi connectivity index (χ0v) is 11.2. The zero-order valence-electron chi connectivity index (χ0n) is 9.65. The van der Waals surface area contributed by atoms with Crippen molar-refractivity contribution >= 4 is 40.1 Å². The second-order valence-electron chi connectivity index (χ2n) is 4.04. The van der Waals surface area contributed by atoms with Gasteiger partial charge in [-0.15, -0.1) is 0 Å². The molecule has 2 rings (SSSR count). The molecule has 1 atom stereocenters. The summed E-state index contributed by atoms with van der Waals surface area (Å²) in [4.78, 5) is 24.4. The molecule has 1 fully saturated rings. The van der Waals surface area contributed by atoms with Gasteiger partial charge in [0.25, 0.3) is 0 Å². The first-order valence-electron chi connectivity index (χ1n) is 5.40. The summed E-state index contributed by atoms with van der Waals surface area (Å²) in [6.07, 6.45) is 0.304. The molecule has 0 aliphatic carbocycles. The van der Waals surface area contributed by atoms with Crippen LogP contribution in [0.4, 0.5) is 10.1 Å². The Morgan fingerprint density at radius 1 is 1.56 bits per heavy atom. The van der Waals surface area contributed by atoms with E-state index in [1.807, 2.05) is 0 Å². The van der Waals surface area contributed by atoms with Gasteiger partial charge in [-0.05, 0) is 18.2 Å². The van der Waals surface area contributed by atoms with Crippen molar-refractivity contribution in [2.45, 2.75) is 18.6 Å². The Morgan fingerprint density at radius 3 is 2.89 bits per heavy atom. The number of carbonyl (C=O) groups is 2. The predicted molar refractivity (Wildman–Crippen MR) is 70.4 cm³/mol. The Bertz CT molecular complexity index is 509. The van der Waals surface area contributed by atoms with Crippen LogP contribution >= 0.6 is 23.4 Å². The Hall–Kier alpha value is -1.07. The molecular formula is C12H11ClFNO2S. The molecular weight excluding hydrogens is 277 g/mol. The van der Waals surface area contributed by atoms with Gasteiger partial charge in [-0.3, -0.25) is 9.59 Å². The van der Waals surface area contributed by atoms with Gasteiger partial charge in [0.05, 0.1) is 10.7 Å². The van der Waals surface area contributed by atoms with Gasteiger partial charge in [-0.25, -0.2) is 4.39 Å². The number of anilines is 1. The molecule has 0 radical (unpaired) electrons. The summed E-state index contributed by atoms with van der Waals surface area (Å²) in [5.41, 5.74) is 0.495. The maximum Gasteiger partial charge on any atom is 0.228 e. The third-order valence-electron chi connectivity index (χ3n) is 2.62. The number of thioether (sulfide) groups is 1. The molecule has 0 aromatic heterocycles. The van der Waals surface area contributed by atoms with Crippen LogP contribution in [0.1, 0.15) is 13.3 Å². The Kier molecular flexibility index (Phi) is 3.92. The van der Waals surface area contributed by atoms with Crippen LogP contribution < -0.4 is 4.90 Å². The Morgan fingerprint density at radius 2 is 2.28 bits per heavy atom. The summed E-state index contributed by atoms with van der Waals surface area (Å²) >= 11 is 7.08. The average Bonchev–Trinajstić information content (AvgIpc) is 2.58. The number of amides is 1. The van der Waals surface area contributed by atoms with E-state index in [1.165, 1.54) is 30.0 Å². The van der Waals surface area contributed by atoms with E-state index >= 15 is 0 Å². The van der Waals surface area contributed by atoms with Crippen LogP contribution in [0.25, 0.3) is 0 Å². The molecule has 18 heavy (non-hydrogen) atoms. The Labute approximate surface area is 113 Å². The van der Waals surface area contributed by atoms with Crippen LogP contribution in [-0.2, 0) is 9.59 Å². The van der Waals surface area contributed by atoms with E-state index in [0.717, 1.165) is 11.8 Å². The quantitative estimate of drug-likeness (QED) is 0.839. The van der Waals surface area contributed by atoms with Crippen LogP contribution in [0.2, 0.25) is 5.02 Å². The number of nitrogens with zero attached hydrogens (tertiary/aromatic N) is 1. The van der Waals surface area contributed by atoms with Crippen LogP contribution in [0.3, 0.4) is 0 Å². The highest BCUT2D eigenvalue weighted by atomic mass is 35.5. The summed E-state index contributed by atoms with van der Waals surface area (Å²) in [5.74, 6) is -0.535. The van der Waals surface area contributed by atoms with Crippen LogP contribution in [0.5, 0.6) is 0 Å². The highest BCUT2D eigenvalue weighted by molar-refractivity contribution is 8.14. The van der Waals surface area contributed by atoms with E-state index < -0.39 is 5.82 Å². The van der Waals surface area contributed by atoms with Gasteiger partial charge in [0, 0.05) is 25.1 Å². The van der Waals surface area contributed by atoms with Crippen molar-refractivity contribution in [1.29, 1.82) is 0 Å². The molecule has 0 spiro atoms. The standard InChI is InChI=1S/C12H11ClFNO2S/c1-7(16)18-9-5-12(17)15(6-9)11-3-2-8(14)4-10(11)13/h2-4,9H,5-6H2,1H3. The SMILES string of the molecule is CC(=O)SC1CC(=O)N(c2ccc(F)cc2Cl)C1. The summed E-state index contributed by atoms with van der Waals surface area (Å²) in [5, 5.41) is 0.132. The summed E-state index contributed by atoms with van der Waals surface area (Å²) in [7, 11) is 0. The molecule has 1 unspecified atom stereocenters. The lowest BCUT2D eigenvalue weighted by Gasteiger charge is -2.17. The molecule has 0 bridgehead atoms. The minimum Gasteiger partial charge on any atom is -0.310 e. The van der Waals surface area contributed by atoms with Crippen LogP contribution in [0.15, 0.2) is 18.2 Å². The topological polar surface area (TPSA) is 37.4 Å². The predicted octanol–water partition coefficient (Wildman–Crippen LogP) is 2.86. The highest BCUT2D eigenvalue weighted by Gasteiger charge is 2.32. The second-order valence-corrected chi connectivity index (χ2v) is 5.92. The zero-order chi connectivity index (χ0) is 13.3. The lowest BCUT2D eigenvalue weighted by molar-refractivity contribution is -0.117. The number of carbonyl (C=O) groups excluding carboxylic acids is 2. The minimum atomic E-state index is -0.440. The summed E-state index contributed by atoms with van der Waals surface area (Å²) < 4.78 is 12.9. The summed E-state index contributed by atoms with van der Waals surface area (Å²) in [6, 6.07) is 3.92. The van der Waals surface area contributed by atoms with Gasteiger partial charge in [-0.2, -0.15) is 0 Å². The molecule has 1 saturated heterocycles. The van der Waals surface area contributed by atoms with Crippen molar-refractivity contribution in [3.8, 4) is 0 Å². The fraction of sp³-hybridized carbons (Fsp3) is 0.333. The number of hydrogen-bond donors (Lipinski definition) is 0. The third-order valence-corrected chi connectivity index (χ3v) is 3.91. The molecule has 6 heteroatoms. The normalized spacial score (nSPS) is 19.4. The minimum absolute atomic E-state index is 0.0140. The van der Waals surface area contributed by atoms with E-state index in [-0.39, 0.29) is 21.3 Å². The van der Waals surface area contributed by atoms with E-state index in [1.54, 1.807) is 0 Å². The first-order valence-corrected chi connectivity index (χ1v) is 6.66. The molecule has 1 amide bonds. The van der Waals surface area contributed by atoms with Gasteiger partial charge in [0.15, 0.2) is 5.12 Å². The lowest BCUT2D eigenvalue weighted by atomic mass is 10.3. The monoisotopic (exact) mass is 287 g/mol. The van der Waals surface area contributed by atoms with Gasteiger partial charge in [0.2, 0.25) is 5.91 Å². The maximum atomic E-state index is 12.9. The number of halogens is 2. The van der Waals surface area contributed by atoms with Crippen molar-refractivity contribution in [1.82, 2.24) is 0 Å².